The third-order valence-corrected chi connectivity index (χ3v) is 6.88. The van der Waals surface area contributed by atoms with Gasteiger partial charge in [0.2, 0.25) is 5.91 Å². The second-order valence-corrected chi connectivity index (χ2v) is 9.59. The smallest absolute Gasteiger partial charge is 0.416 e. The van der Waals surface area contributed by atoms with Crippen LogP contribution in [0.4, 0.5) is 18.9 Å². The summed E-state index contributed by atoms with van der Waals surface area (Å²) >= 11 is 0. The molecule has 0 fully saturated rings. The summed E-state index contributed by atoms with van der Waals surface area (Å²) < 4.78 is 47.4. The van der Waals surface area contributed by atoms with Gasteiger partial charge in [-0.05, 0) is 75.4 Å². The number of fused-ring (bicyclic) bond motifs is 1. The van der Waals surface area contributed by atoms with E-state index in [1.165, 1.54) is 6.07 Å². The lowest BCUT2D eigenvalue weighted by atomic mass is 9.82. The summed E-state index contributed by atoms with van der Waals surface area (Å²) in [5.74, 6) is -0.339. The molecular formula is C27H35F3N2O2. The summed E-state index contributed by atoms with van der Waals surface area (Å²) in [6.45, 7) is 11.1. The van der Waals surface area contributed by atoms with Crippen molar-refractivity contribution in [1.29, 1.82) is 0 Å². The van der Waals surface area contributed by atoms with Crippen LogP contribution in [0.1, 0.15) is 57.2 Å². The van der Waals surface area contributed by atoms with Crippen molar-refractivity contribution in [2.24, 2.45) is 5.92 Å². The first-order chi connectivity index (χ1) is 16.0. The fourth-order valence-corrected chi connectivity index (χ4v) is 5.06. The number of carbonyl (C=O) groups is 1. The number of alkyl halides is 3. The van der Waals surface area contributed by atoms with Crippen LogP contribution in [-0.2, 0) is 17.4 Å². The van der Waals surface area contributed by atoms with Gasteiger partial charge in [0.15, 0.2) is 0 Å². The molecular weight excluding hydrogens is 441 g/mol. The molecule has 1 amide bonds. The van der Waals surface area contributed by atoms with Gasteiger partial charge in [-0.15, -0.1) is 0 Å². The summed E-state index contributed by atoms with van der Waals surface area (Å²) in [5.41, 5.74) is 0.724. The molecule has 0 aromatic heterocycles. The number of hydrogen-bond donors (Lipinski definition) is 0. The van der Waals surface area contributed by atoms with E-state index in [4.69, 9.17) is 4.74 Å². The van der Waals surface area contributed by atoms with Gasteiger partial charge in [-0.25, -0.2) is 0 Å². The van der Waals surface area contributed by atoms with E-state index in [1.54, 1.807) is 30.2 Å². The molecule has 0 radical (unpaired) electrons. The van der Waals surface area contributed by atoms with Gasteiger partial charge in [0.05, 0.1) is 12.7 Å². The van der Waals surface area contributed by atoms with Crippen LogP contribution in [0.5, 0.6) is 5.75 Å². The molecule has 0 spiro atoms. The van der Waals surface area contributed by atoms with Gasteiger partial charge in [0.25, 0.3) is 0 Å². The minimum Gasteiger partial charge on any atom is -0.497 e. The Morgan fingerprint density at radius 2 is 1.68 bits per heavy atom. The van der Waals surface area contributed by atoms with Crippen molar-refractivity contribution < 1.29 is 22.7 Å². The lowest BCUT2D eigenvalue weighted by Crippen LogP contribution is -2.45. The Labute approximate surface area is 200 Å². The van der Waals surface area contributed by atoms with E-state index < -0.39 is 17.7 Å². The van der Waals surface area contributed by atoms with Crippen molar-refractivity contribution in [3.8, 4) is 5.75 Å². The Kier molecular flexibility index (Phi) is 7.96. The second-order valence-electron chi connectivity index (χ2n) is 9.59. The molecule has 0 N–H and O–H groups in total. The van der Waals surface area contributed by atoms with E-state index in [2.05, 4.69) is 32.6 Å². The van der Waals surface area contributed by atoms with E-state index in [1.807, 2.05) is 19.1 Å². The highest BCUT2D eigenvalue weighted by atomic mass is 19.4. The predicted octanol–water partition coefficient (Wildman–Crippen LogP) is 6.14. The number of amides is 1. The minimum absolute atomic E-state index is 0.138. The fraction of sp³-hybridized carbons (Fsp3) is 0.519. The second kappa shape index (κ2) is 10.4. The summed E-state index contributed by atoms with van der Waals surface area (Å²) in [6, 6.07) is 12.0. The zero-order valence-electron chi connectivity index (χ0n) is 20.8. The normalized spacial score (nSPS) is 19.1. The Balaban J connectivity index is 2.08. The van der Waals surface area contributed by atoms with Crippen molar-refractivity contribution in [2.75, 3.05) is 25.1 Å². The lowest BCUT2D eigenvalue weighted by molar-refractivity contribution is -0.138. The highest BCUT2D eigenvalue weighted by Crippen LogP contribution is 2.43. The highest BCUT2D eigenvalue weighted by molar-refractivity contribution is 5.97. The van der Waals surface area contributed by atoms with Crippen LogP contribution in [0.25, 0.3) is 0 Å². The summed E-state index contributed by atoms with van der Waals surface area (Å²) in [7, 11) is 1.56. The molecule has 34 heavy (non-hydrogen) atoms. The topological polar surface area (TPSA) is 32.8 Å². The van der Waals surface area contributed by atoms with E-state index in [0.29, 0.717) is 24.5 Å². The third-order valence-electron chi connectivity index (χ3n) is 6.88. The number of nitrogens with zero attached hydrogens (tertiary/aromatic N) is 2. The van der Waals surface area contributed by atoms with Gasteiger partial charge < -0.3 is 9.64 Å². The van der Waals surface area contributed by atoms with Crippen molar-refractivity contribution in [3.05, 3.63) is 59.2 Å². The summed E-state index contributed by atoms with van der Waals surface area (Å²) in [5, 5.41) is 0. The van der Waals surface area contributed by atoms with Gasteiger partial charge in [-0.3, -0.25) is 9.69 Å². The van der Waals surface area contributed by atoms with Crippen molar-refractivity contribution >= 4 is 11.6 Å². The predicted molar refractivity (Wildman–Crippen MR) is 129 cm³/mol. The molecule has 1 heterocycles. The summed E-state index contributed by atoms with van der Waals surface area (Å²) in [6.07, 6.45) is -4.36. The number of halogens is 3. The molecule has 0 saturated carbocycles. The van der Waals surface area contributed by atoms with Crippen LogP contribution in [0, 0.1) is 5.92 Å². The number of benzene rings is 2. The Hall–Kier alpha value is -2.54. The van der Waals surface area contributed by atoms with Crippen LogP contribution in [0.3, 0.4) is 0 Å². The Morgan fingerprint density at radius 1 is 1.06 bits per heavy atom. The molecule has 3 rings (SSSR count). The fourth-order valence-electron chi connectivity index (χ4n) is 5.06. The van der Waals surface area contributed by atoms with E-state index in [9.17, 15) is 18.0 Å². The maximum atomic E-state index is 14.1. The molecule has 2 aromatic rings. The molecule has 0 bridgehead atoms. The molecule has 2 aromatic carbocycles. The highest BCUT2D eigenvalue weighted by Gasteiger charge is 2.41. The standard InChI is InChI=1S/C27H35F3N2O2/c1-17(2)31(18(3)4)14-15-32-25-9-7-8-24(27(28,29)30)23(25)16-22(19(5)26(32)33)20-10-12-21(34-6)13-11-20/h7-13,17-19,22H,14-16H2,1-6H3/t19-,22-/m1/s1. The quantitative estimate of drug-likeness (QED) is 0.481. The molecule has 0 aliphatic carbocycles. The minimum atomic E-state index is -4.50. The average molecular weight is 477 g/mol. The SMILES string of the molecule is COc1ccc([C@@H]2Cc3c(cccc3C(F)(F)F)N(CCN(C(C)C)C(C)C)C(=O)[C@@H]2C)cc1. The van der Waals surface area contributed by atoms with E-state index in [-0.39, 0.29) is 35.9 Å². The molecule has 1 aliphatic rings. The van der Waals surface area contributed by atoms with Crippen LogP contribution in [0.2, 0.25) is 0 Å². The number of anilines is 1. The number of methoxy groups -OCH3 is 1. The lowest BCUT2D eigenvalue weighted by Gasteiger charge is -2.34. The maximum absolute atomic E-state index is 14.1. The first-order valence-electron chi connectivity index (χ1n) is 11.9. The van der Waals surface area contributed by atoms with Crippen LogP contribution >= 0.6 is 0 Å². The summed E-state index contributed by atoms with van der Waals surface area (Å²) in [4.78, 5) is 17.6. The van der Waals surface area contributed by atoms with Gasteiger partial charge in [0, 0.05) is 36.8 Å². The molecule has 186 valence electrons. The Bertz CT molecular complexity index is 978. The third kappa shape index (κ3) is 5.40. The molecule has 7 heteroatoms. The monoisotopic (exact) mass is 476 g/mol. The van der Waals surface area contributed by atoms with E-state index >= 15 is 0 Å². The first kappa shape index (κ1) is 26.1. The number of ether oxygens (including phenoxy) is 1. The zero-order chi connectivity index (χ0) is 25.2. The molecule has 1 aliphatic heterocycles. The Morgan fingerprint density at radius 3 is 2.21 bits per heavy atom. The zero-order valence-corrected chi connectivity index (χ0v) is 20.8. The van der Waals surface area contributed by atoms with Gasteiger partial charge in [-0.2, -0.15) is 13.2 Å². The molecule has 0 unspecified atom stereocenters. The molecule has 2 atom stereocenters. The van der Waals surface area contributed by atoms with Crippen molar-refractivity contribution in [2.45, 2.75) is 65.2 Å². The van der Waals surface area contributed by atoms with Gasteiger partial charge >= 0.3 is 6.18 Å². The number of hydrogen-bond acceptors (Lipinski definition) is 3. The van der Waals surface area contributed by atoms with Gasteiger partial charge in [0.1, 0.15) is 5.75 Å². The first-order valence-corrected chi connectivity index (χ1v) is 11.9. The number of carbonyl (C=O) groups excluding carboxylic acids is 1. The van der Waals surface area contributed by atoms with Crippen molar-refractivity contribution in [3.63, 3.8) is 0 Å². The van der Waals surface area contributed by atoms with Crippen LogP contribution in [0.15, 0.2) is 42.5 Å². The van der Waals surface area contributed by atoms with Crippen LogP contribution < -0.4 is 9.64 Å². The maximum Gasteiger partial charge on any atom is 0.416 e. The largest absolute Gasteiger partial charge is 0.497 e. The molecule has 4 nitrogen and oxygen atoms in total. The van der Waals surface area contributed by atoms with E-state index in [0.717, 1.165) is 11.6 Å². The van der Waals surface area contributed by atoms with Crippen molar-refractivity contribution in [1.82, 2.24) is 4.90 Å². The van der Waals surface area contributed by atoms with Gasteiger partial charge in [-0.1, -0.05) is 25.1 Å². The number of rotatable bonds is 7. The van der Waals surface area contributed by atoms with Crippen LogP contribution in [-0.4, -0.2) is 43.1 Å². The average Bonchev–Trinajstić information content (AvgIpc) is 2.88. The molecule has 0 saturated heterocycles.